The van der Waals surface area contributed by atoms with E-state index in [4.69, 9.17) is 9.84 Å². The maximum atomic E-state index is 12.8. The van der Waals surface area contributed by atoms with Crippen molar-refractivity contribution in [1.29, 1.82) is 0 Å². The predicted octanol–water partition coefficient (Wildman–Crippen LogP) is 4.26. The lowest BCUT2D eigenvalue weighted by molar-refractivity contribution is -0.142. The van der Waals surface area contributed by atoms with Gasteiger partial charge in [0, 0.05) is 32.0 Å². The summed E-state index contributed by atoms with van der Waals surface area (Å²) < 4.78 is 5.67. The van der Waals surface area contributed by atoms with E-state index in [0.717, 1.165) is 30.4 Å². The zero-order chi connectivity index (χ0) is 24.2. The summed E-state index contributed by atoms with van der Waals surface area (Å²) in [5.41, 5.74) is 4.64. The number of carbonyl (C=O) groups is 3. The van der Waals surface area contributed by atoms with Crippen LogP contribution in [0.3, 0.4) is 0 Å². The van der Waals surface area contributed by atoms with Gasteiger partial charge in [-0.1, -0.05) is 61.9 Å². The molecule has 2 aliphatic rings. The molecule has 0 bridgehead atoms. The molecule has 1 saturated carbocycles. The van der Waals surface area contributed by atoms with Crippen molar-refractivity contribution in [2.24, 2.45) is 11.8 Å². The molecule has 2 N–H and O–H groups in total. The van der Waals surface area contributed by atoms with Gasteiger partial charge >= 0.3 is 12.1 Å². The molecule has 0 spiro atoms. The average molecular weight is 465 g/mol. The van der Waals surface area contributed by atoms with Crippen LogP contribution in [-0.2, 0) is 14.3 Å². The number of benzene rings is 2. The van der Waals surface area contributed by atoms with Crippen molar-refractivity contribution in [1.82, 2.24) is 10.2 Å². The zero-order valence-corrected chi connectivity index (χ0v) is 19.7. The van der Waals surface area contributed by atoms with Crippen LogP contribution in [0.2, 0.25) is 0 Å². The second-order valence-corrected chi connectivity index (χ2v) is 9.49. The van der Waals surface area contributed by atoms with Gasteiger partial charge in [0.2, 0.25) is 5.91 Å². The molecule has 2 aromatic rings. The highest BCUT2D eigenvalue weighted by Gasteiger charge is 2.33. The van der Waals surface area contributed by atoms with Gasteiger partial charge in [0.1, 0.15) is 6.61 Å². The van der Waals surface area contributed by atoms with Crippen molar-refractivity contribution in [3.8, 4) is 11.1 Å². The first kappa shape index (κ1) is 23.8. The molecular formula is C27H32N2O5. The third-order valence-corrected chi connectivity index (χ3v) is 7.16. The highest BCUT2D eigenvalue weighted by Crippen LogP contribution is 2.44. The van der Waals surface area contributed by atoms with E-state index in [9.17, 15) is 14.4 Å². The molecule has 0 aliphatic heterocycles. The Kier molecular flexibility index (Phi) is 7.20. The lowest BCUT2D eigenvalue weighted by Gasteiger charge is -2.34. The van der Waals surface area contributed by atoms with Gasteiger partial charge in [0.25, 0.3) is 0 Å². The van der Waals surface area contributed by atoms with Crippen LogP contribution in [0.15, 0.2) is 48.5 Å². The number of fused-ring (bicyclic) bond motifs is 3. The molecule has 2 unspecified atom stereocenters. The number of rotatable bonds is 9. The largest absolute Gasteiger partial charge is 0.481 e. The Balaban J connectivity index is 1.37. The number of alkyl carbamates (subject to hydrolysis) is 1. The Morgan fingerprint density at radius 1 is 1.06 bits per heavy atom. The summed E-state index contributed by atoms with van der Waals surface area (Å²) in [6.07, 6.45) is 2.60. The molecule has 34 heavy (non-hydrogen) atoms. The minimum atomic E-state index is -0.938. The molecule has 0 aromatic heterocycles. The van der Waals surface area contributed by atoms with Crippen LogP contribution in [-0.4, -0.2) is 54.2 Å². The summed E-state index contributed by atoms with van der Waals surface area (Å²) >= 11 is 0. The van der Waals surface area contributed by atoms with Crippen LogP contribution < -0.4 is 5.32 Å². The number of hydrogen-bond donors (Lipinski definition) is 2. The number of carboxylic acids is 1. The maximum absolute atomic E-state index is 12.8. The molecule has 2 aliphatic carbocycles. The van der Waals surface area contributed by atoms with Crippen molar-refractivity contribution in [3.05, 3.63) is 59.7 Å². The Labute approximate surface area is 200 Å². The van der Waals surface area contributed by atoms with E-state index >= 15 is 0 Å². The molecule has 180 valence electrons. The minimum absolute atomic E-state index is 0.0226. The second kappa shape index (κ2) is 10.3. The van der Waals surface area contributed by atoms with Crippen LogP contribution >= 0.6 is 0 Å². The van der Waals surface area contributed by atoms with Crippen molar-refractivity contribution in [2.75, 3.05) is 20.2 Å². The highest BCUT2D eigenvalue weighted by molar-refractivity contribution is 5.80. The molecule has 0 heterocycles. The fraction of sp³-hybridized carbons (Fsp3) is 0.444. The number of nitrogens with one attached hydrogen (secondary N) is 1. The summed E-state index contributed by atoms with van der Waals surface area (Å²) in [6, 6.07) is 16.0. The molecule has 7 nitrogen and oxygen atoms in total. The predicted molar refractivity (Wildman–Crippen MR) is 128 cm³/mol. The summed E-state index contributed by atoms with van der Waals surface area (Å²) in [7, 11) is 1.60. The number of aliphatic carboxylic acids is 1. The van der Waals surface area contributed by atoms with Crippen LogP contribution in [0, 0.1) is 11.8 Å². The minimum Gasteiger partial charge on any atom is -0.481 e. The Morgan fingerprint density at radius 3 is 2.18 bits per heavy atom. The van der Waals surface area contributed by atoms with Gasteiger partial charge in [0.05, 0.1) is 5.92 Å². The first-order valence-electron chi connectivity index (χ1n) is 11.9. The molecule has 0 saturated heterocycles. The van der Waals surface area contributed by atoms with E-state index in [2.05, 4.69) is 29.6 Å². The molecular weight excluding hydrogens is 432 g/mol. The average Bonchev–Trinajstić information content (AvgIpc) is 3.10. The fourth-order valence-corrected chi connectivity index (χ4v) is 4.90. The highest BCUT2D eigenvalue weighted by atomic mass is 16.5. The third-order valence-electron chi connectivity index (χ3n) is 7.16. The maximum Gasteiger partial charge on any atom is 0.407 e. The van der Waals surface area contributed by atoms with Crippen LogP contribution in [0.1, 0.15) is 49.7 Å². The van der Waals surface area contributed by atoms with Gasteiger partial charge in [-0.15, -0.1) is 0 Å². The Hall–Kier alpha value is -3.35. The smallest absolute Gasteiger partial charge is 0.407 e. The summed E-state index contributed by atoms with van der Waals surface area (Å²) in [5.74, 6) is -1.55. The van der Waals surface area contributed by atoms with Gasteiger partial charge in [-0.2, -0.15) is 0 Å². The summed E-state index contributed by atoms with van der Waals surface area (Å²) in [6.45, 7) is 1.93. The van der Waals surface area contributed by atoms with E-state index in [-0.39, 0.29) is 43.4 Å². The number of hydrogen-bond acceptors (Lipinski definition) is 4. The molecule has 4 rings (SSSR count). The van der Waals surface area contributed by atoms with Crippen LogP contribution in [0.4, 0.5) is 4.79 Å². The lowest BCUT2D eigenvalue weighted by atomic mass is 9.78. The summed E-state index contributed by atoms with van der Waals surface area (Å²) in [4.78, 5) is 38.0. The monoisotopic (exact) mass is 464 g/mol. The van der Waals surface area contributed by atoms with E-state index in [1.807, 2.05) is 24.3 Å². The van der Waals surface area contributed by atoms with Gasteiger partial charge in [-0.25, -0.2) is 4.79 Å². The normalized spacial score (nSPS) is 16.5. The van der Waals surface area contributed by atoms with E-state index in [1.54, 1.807) is 14.0 Å². The van der Waals surface area contributed by atoms with E-state index < -0.39 is 18.0 Å². The third kappa shape index (κ3) is 5.08. The molecule has 0 radical (unpaired) electrons. The van der Waals surface area contributed by atoms with Crippen molar-refractivity contribution < 1.29 is 24.2 Å². The quantitative estimate of drug-likeness (QED) is 0.578. The Morgan fingerprint density at radius 2 is 1.65 bits per heavy atom. The van der Waals surface area contributed by atoms with Gasteiger partial charge < -0.3 is 20.1 Å². The van der Waals surface area contributed by atoms with Crippen molar-refractivity contribution >= 4 is 18.0 Å². The fourth-order valence-electron chi connectivity index (χ4n) is 4.90. The number of carbonyl (C=O) groups excluding carboxylic acids is 2. The number of amides is 2. The van der Waals surface area contributed by atoms with Gasteiger partial charge in [-0.3, -0.25) is 9.59 Å². The molecule has 2 atom stereocenters. The topological polar surface area (TPSA) is 95.9 Å². The van der Waals surface area contributed by atoms with Crippen molar-refractivity contribution in [2.45, 2.75) is 44.6 Å². The number of ether oxygens (including phenoxy) is 1. The van der Waals surface area contributed by atoms with E-state index in [1.165, 1.54) is 16.0 Å². The molecule has 2 aromatic carbocycles. The zero-order valence-electron chi connectivity index (χ0n) is 19.7. The van der Waals surface area contributed by atoms with Crippen LogP contribution in [0.5, 0.6) is 0 Å². The van der Waals surface area contributed by atoms with Crippen LogP contribution in [0.25, 0.3) is 11.1 Å². The van der Waals surface area contributed by atoms with Gasteiger partial charge in [-0.05, 0) is 41.0 Å². The molecule has 2 amide bonds. The van der Waals surface area contributed by atoms with E-state index in [0.29, 0.717) is 0 Å². The molecule has 7 heteroatoms. The molecule has 1 fully saturated rings. The standard InChI is InChI=1S/C27H32N2O5/c1-17(26(31)32)15-29(2)25(30)14-24(18-8-7-9-18)28-27(33)34-16-23-21-12-5-3-10-19(21)20-11-4-6-13-22(20)23/h3-6,10-13,17-18,23-24H,7-9,14-16H2,1-2H3,(H,28,33)(H,31,32). The summed E-state index contributed by atoms with van der Waals surface area (Å²) in [5, 5.41) is 12.0. The second-order valence-electron chi connectivity index (χ2n) is 9.49. The van der Waals surface area contributed by atoms with Gasteiger partial charge in [0.15, 0.2) is 0 Å². The number of nitrogens with zero attached hydrogens (tertiary/aromatic N) is 1. The Bertz CT molecular complexity index is 1020. The first-order chi connectivity index (χ1) is 16.3. The first-order valence-corrected chi connectivity index (χ1v) is 11.9. The lowest BCUT2D eigenvalue weighted by Crippen LogP contribution is -2.47. The van der Waals surface area contributed by atoms with Crippen molar-refractivity contribution in [3.63, 3.8) is 0 Å². The number of carboxylic acid groups (broad SMARTS) is 1. The SMILES string of the molecule is CC(CN(C)C(=O)CC(NC(=O)OCC1c2ccccc2-c2ccccc21)C1CCC1)C(=O)O.